The standard InChI is InChI=1S/C9H9Cl2NO2.Li.H/c1-9(2)5(6(9)8(13)14)4(3-12)7(10)11;;/h5-6H,1-2H3,(H,13,14);;/q;+1;-1. The maximum atomic E-state index is 10.8. The molecule has 0 radical (unpaired) electrons. The Kier molecular flexibility index (Phi) is 4.77. The topological polar surface area (TPSA) is 61.1 Å². The van der Waals surface area contributed by atoms with Crippen molar-refractivity contribution in [2.75, 3.05) is 0 Å². The fraction of sp³-hybridized carbons (Fsp3) is 0.556. The van der Waals surface area contributed by atoms with Crippen molar-refractivity contribution in [3.63, 3.8) is 0 Å². The average molecular weight is 242 g/mol. The predicted octanol–water partition coefficient (Wildman–Crippen LogP) is -0.328. The van der Waals surface area contributed by atoms with Crippen molar-refractivity contribution in [2.24, 2.45) is 17.3 Å². The van der Waals surface area contributed by atoms with Crippen LogP contribution in [0.4, 0.5) is 0 Å². The molecule has 1 rings (SSSR count). The van der Waals surface area contributed by atoms with Crippen molar-refractivity contribution in [2.45, 2.75) is 13.8 Å². The number of allylic oxidation sites excluding steroid dienone is 1. The molecule has 0 aromatic heterocycles. The van der Waals surface area contributed by atoms with Gasteiger partial charge in [0.15, 0.2) is 0 Å². The summed E-state index contributed by atoms with van der Waals surface area (Å²) in [5.74, 6) is -1.85. The molecule has 1 fully saturated rings. The first-order valence-electron chi connectivity index (χ1n) is 4.02. The van der Waals surface area contributed by atoms with Crippen LogP contribution < -0.4 is 18.9 Å². The SMILES string of the molecule is CC1(C)C(C(=O)O)C1C(C#N)=C(Cl)Cl.[H-].[Li+]. The Morgan fingerprint density at radius 2 is 1.93 bits per heavy atom. The van der Waals surface area contributed by atoms with E-state index in [1.165, 1.54) is 0 Å². The molecule has 2 unspecified atom stereocenters. The van der Waals surface area contributed by atoms with Crippen molar-refractivity contribution in [3.05, 3.63) is 10.1 Å². The van der Waals surface area contributed by atoms with Crippen molar-refractivity contribution in [1.29, 1.82) is 5.26 Å². The molecule has 0 aliphatic heterocycles. The summed E-state index contributed by atoms with van der Waals surface area (Å²) < 4.78 is -0.130. The number of nitriles is 1. The van der Waals surface area contributed by atoms with Crippen LogP contribution in [0.25, 0.3) is 0 Å². The van der Waals surface area contributed by atoms with E-state index >= 15 is 0 Å². The molecule has 78 valence electrons. The van der Waals surface area contributed by atoms with E-state index in [0.29, 0.717) is 0 Å². The third-order valence-corrected chi connectivity index (χ3v) is 3.14. The summed E-state index contributed by atoms with van der Waals surface area (Å²) >= 11 is 11.0. The Bertz CT molecular complexity index is 361. The van der Waals surface area contributed by atoms with Gasteiger partial charge in [-0.1, -0.05) is 37.0 Å². The van der Waals surface area contributed by atoms with Crippen LogP contribution in [0, 0.1) is 28.6 Å². The number of hydrogen-bond acceptors (Lipinski definition) is 2. The summed E-state index contributed by atoms with van der Waals surface area (Å²) in [4.78, 5) is 10.8. The summed E-state index contributed by atoms with van der Waals surface area (Å²) in [7, 11) is 0. The molecule has 1 aliphatic rings. The number of nitrogens with zero attached hydrogens (tertiary/aromatic N) is 1. The Morgan fingerprint density at radius 1 is 1.47 bits per heavy atom. The molecule has 1 aliphatic carbocycles. The summed E-state index contributed by atoms with van der Waals surface area (Å²) in [5.41, 5.74) is -0.267. The van der Waals surface area contributed by atoms with Crippen LogP contribution >= 0.6 is 23.2 Å². The third-order valence-electron chi connectivity index (χ3n) is 2.73. The van der Waals surface area contributed by atoms with Gasteiger partial charge in [0, 0.05) is 5.92 Å². The third kappa shape index (κ3) is 2.52. The molecule has 0 spiro atoms. The zero-order valence-electron chi connectivity index (χ0n) is 9.71. The van der Waals surface area contributed by atoms with Gasteiger partial charge < -0.3 is 6.53 Å². The van der Waals surface area contributed by atoms with Crippen LogP contribution in [-0.4, -0.2) is 11.1 Å². The maximum Gasteiger partial charge on any atom is 1.00 e. The number of aliphatic carboxylic acids is 1. The van der Waals surface area contributed by atoms with E-state index < -0.39 is 17.3 Å². The van der Waals surface area contributed by atoms with Crippen molar-refractivity contribution < 1.29 is 30.2 Å². The number of hydrogen-bond donors (Lipinski definition) is 1. The summed E-state index contributed by atoms with van der Waals surface area (Å²) in [6.07, 6.45) is 0. The van der Waals surface area contributed by atoms with Gasteiger partial charge >= 0.3 is 24.8 Å². The van der Waals surface area contributed by atoms with E-state index in [1.54, 1.807) is 13.8 Å². The van der Waals surface area contributed by atoms with Crippen molar-refractivity contribution >= 4 is 29.2 Å². The molecule has 1 N–H and O–H groups in total. The first kappa shape index (κ1) is 14.9. The molecular formula is C9H10Cl2LiNO2. The Balaban J connectivity index is 0. The quantitative estimate of drug-likeness (QED) is 0.532. The smallest absolute Gasteiger partial charge is 1.00 e. The molecule has 0 saturated heterocycles. The van der Waals surface area contributed by atoms with Gasteiger partial charge in [-0.05, 0) is 5.41 Å². The van der Waals surface area contributed by atoms with E-state index in [2.05, 4.69) is 0 Å². The van der Waals surface area contributed by atoms with E-state index in [9.17, 15) is 4.79 Å². The molecule has 6 heteroatoms. The van der Waals surface area contributed by atoms with Gasteiger partial charge in [0.25, 0.3) is 0 Å². The van der Waals surface area contributed by atoms with E-state index in [-0.39, 0.29) is 36.3 Å². The first-order chi connectivity index (χ1) is 6.34. The number of rotatable bonds is 2. The zero-order valence-corrected chi connectivity index (χ0v) is 10.2. The first-order valence-corrected chi connectivity index (χ1v) is 4.77. The average Bonchev–Trinajstić information content (AvgIpc) is 2.54. The second-order valence-corrected chi connectivity index (χ2v) is 4.85. The number of carboxylic acid groups (broad SMARTS) is 1. The molecule has 15 heavy (non-hydrogen) atoms. The predicted molar refractivity (Wildman–Crippen MR) is 53.9 cm³/mol. The summed E-state index contributed by atoms with van der Waals surface area (Å²) in [6, 6.07) is 1.86. The molecule has 0 aromatic rings. The zero-order chi connectivity index (χ0) is 11.1. The van der Waals surface area contributed by atoms with E-state index in [4.69, 9.17) is 33.6 Å². The molecule has 0 aromatic carbocycles. The van der Waals surface area contributed by atoms with Gasteiger partial charge in [-0.25, -0.2) is 0 Å². The molecule has 0 amide bonds. The minimum atomic E-state index is -0.915. The molecule has 2 atom stereocenters. The van der Waals surface area contributed by atoms with Crippen LogP contribution in [0.5, 0.6) is 0 Å². The van der Waals surface area contributed by atoms with Crippen molar-refractivity contribution in [3.8, 4) is 6.07 Å². The minimum absolute atomic E-state index is 0. The van der Waals surface area contributed by atoms with Gasteiger partial charge in [0.1, 0.15) is 4.49 Å². The van der Waals surface area contributed by atoms with Crippen LogP contribution in [-0.2, 0) is 4.79 Å². The second kappa shape index (κ2) is 4.81. The van der Waals surface area contributed by atoms with Gasteiger partial charge in [-0.3, -0.25) is 4.79 Å². The monoisotopic (exact) mass is 241 g/mol. The Labute approximate surface area is 112 Å². The number of carbonyl (C=O) groups is 1. The number of halogens is 2. The van der Waals surface area contributed by atoms with Gasteiger partial charge in [0.05, 0.1) is 17.6 Å². The van der Waals surface area contributed by atoms with Crippen LogP contribution in [0.1, 0.15) is 15.3 Å². The molecule has 0 bridgehead atoms. The summed E-state index contributed by atoms with van der Waals surface area (Å²) in [6.45, 7) is 3.56. The largest absolute Gasteiger partial charge is 1.00 e. The molecule has 1 saturated carbocycles. The van der Waals surface area contributed by atoms with Gasteiger partial charge in [-0.15, -0.1) is 0 Å². The Morgan fingerprint density at radius 3 is 2.13 bits per heavy atom. The van der Waals surface area contributed by atoms with E-state index in [1.807, 2.05) is 6.07 Å². The van der Waals surface area contributed by atoms with Crippen LogP contribution in [0.15, 0.2) is 10.1 Å². The maximum absolute atomic E-state index is 10.8. The van der Waals surface area contributed by atoms with Crippen molar-refractivity contribution in [1.82, 2.24) is 0 Å². The Hall–Kier alpha value is -0.123. The second-order valence-electron chi connectivity index (χ2n) is 3.90. The van der Waals surface area contributed by atoms with Crippen LogP contribution in [0.2, 0.25) is 0 Å². The minimum Gasteiger partial charge on any atom is -1.00 e. The molecule has 3 nitrogen and oxygen atoms in total. The fourth-order valence-electron chi connectivity index (χ4n) is 1.87. The van der Waals surface area contributed by atoms with Gasteiger partial charge in [0.2, 0.25) is 0 Å². The fourth-order valence-corrected chi connectivity index (χ4v) is 2.19. The van der Waals surface area contributed by atoms with Gasteiger partial charge in [-0.2, -0.15) is 5.26 Å². The number of carboxylic acids is 1. The van der Waals surface area contributed by atoms with E-state index in [0.717, 1.165) is 0 Å². The normalized spacial score (nSPS) is 25.8. The summed E-state index contributed by atoms with van der Waals surface area (Å²) in [5, 5.41) is 17.6. The molecule has 0 heterocycles. The van der Waals surface area contributed by atoms with Crippen LogP contribution in [0.3, 0.4) is 0 Å². The molecular weight excluding hydrogens is 232 g/mol.